The maximum Gasteiger partial charge on any atom is 0.254 e. The summed E-state index contributed by atoms with van der Waals surface area (Å²) in [5, 5.41) is 2.33. The normalized spacial score (nSPS) is 15.4. The summed E-state index contributed by atoms with van der Waals surface area (Å²) in [6.07, 6.45) is 0. The van der Waals surface area contributed by atoms with Gasteiger partial charge in [-0.2, -0.15) is 4.31 Å². The van der Waals surface area contributed by atoms with Crippen LogP contribution in [0.1, 0.15) is 15.9 Å². The van der Waals surface area contributed by atoms with Gasteiger partial charge < -0.3 is 10.1 Å². The summed E-state index contributed by atoms with van der Waals surface area (Å²) in [5.41, 5.74) is 0.300. The molecule has 1 amide bonds. The number of carbonyl (C=O) groups is 1. The fourth-order valence-electron chi connectivity index (χ4n) is 3.03. The van der Waals surface area contributed by atoms with E-state index in [9.17, 15) is 26.0 Å². The highest BCUT2D eigenvalue weighted by Gasteiger charge is 2.28. The van der Waals surface area contributed by atoms with Crippen molar-refractivity contribution in [3.8, 4) is 0 Å². The molecule has 1 aliphatic heterocycles. The lowest BCUT2D eigenvalue weighted by atomic mass is 10.2. The minimum atomic E-state index is -3.91. The van der Waals surface area contributed by atoms with E-state index in [1.165, 1.54) is 4.31 Å². The first-order chi connectivity index (χ1) is 15.2. The first kappa shape index (κ1) is 24.3. The van der Waals surface area contributed by atoms with Crippen molar-refractivity contribution < 1.29 is 30.8 Å². The van der Waals surface area contributed by atoms with Gasteiger partial charge in [0, 0.05) is 26.2 Å². The van der Waals surface area contributed by atoms with Crippen molar-refractivity contribution in [2.75, 3.05) is 38.6 Å². The molecule has 0 radical (unpaired) electrons. The second kappa shape index (κ2) is 10.5. The van der Waals surface area contributed by atoms with E-state index in [-0.39, 0.29) is 44.3 Å². The molecule has 1 saturated heterocycles. The van der Waals surface area contributed by atoms with Gasteiger partial charge in [-0.3, -0.25) is 4.79 Å². The van der Waals surface area contributed by atoms with Crippen LogP contribution in [0.25, 0.3) is 0 Å². The van der Waals surface area contributed by atoms with Crippen LogP contribution in [0.2, 0.25) is 0 Å². The van der Waals surface area contributed by atoms with Gasteiger partial charge in [0.05, 0.1) is 29.4 Å². The Morgan fingerprint density at radius 3 is 2.41 bits per heavy atom. The van der Waals surface area contributed by atoms with E-state index in [0.29, 0.717) is 0 Å². The number of rotatable bonds is 9. The van der Waals surface area contributed by atoms with Crippen LogP contribution in [-0.4, -0.2) is 65.6 Å². The first-order valence-corrected chi connectivity index (χ1v) is 13.0. The average molecular weight is 486 g/mol. The van der Waals surface area contributed by atoms with Gasteiger partial charge in [-0.05, 0) is 23.8 Å². The van der Waals surface area contributed by atoms with Crippen molar-refractivity contribution in [2.24, 2.45) is 0 Å². The molecule has 1 heterocycles. The Morgan fingerprint density at radius 1 is 1.03 bits per heavy atom. The number of nitrogens with zero attached hydrogens (tertiary/aromatic N) is 1. The Hall–Kier alpha value is -2.38. The van der Waals surface area contributed by atoms with Crippen molar-refractivity contribution in [3.63, 3.8) is 0 Å². The van der Waals surface area contributed by atoms with E-state index < -0.39 is 43.1 Å². The number of sulfonamides is 2. The number of carbonyl (C=O) groups excluding carboxylic acids is 1. The zero-order valence-electron chi connectivity index (χ0n) is 17.2. The van der Waals surface area contributed by atoms with E-state index in [4.69, 9.17) is 4.74 Å². The Kier molecular flexibility index (Phi) is 7.96. The summed E-state index contributed by atoms with van der Waals surface area (Å²) in [5.74, 6) is -2.23. The van der Waals surface area contributed by atoms with E-state index >= 15 is 0 Å². The number of nitrogens with one attached hydrogen (secondary N) is 2. The largest absolute Gasteiger partial charge is 0.379 e. The van der Waals surface area contributed by atoms with Crippen LogP contribution < -0.4 is 10.0 Å². The third kappa shape index (κ3) is 6.33. The molecule has 0 unspecified atom stereocenters. The maximum absolute atomic E-state index is 14.2. The molecule has 2 aromatic rings. The molecule has 0 saturated carbocycles. The lowest BCUT2D eigenvalue weighted by Gasteiger charge is -2.26. The Bertz CT molecular complexity index is 1150. The van der Waals surface area contributed by atoms with Gasteiger partial charge in [0.15, 0.2) is 0 Å². The fourth-order valence-corrected chi connectivity index (χ4v) is 5.37. The molecule has 2 N–H and O–H groups in total. The predicted octanol–water partition coefficient (Wildman–Crippen LogP) is 0.696. The Balaban J connectivity index is 1.60. The number of amides is 1. The van der Waals surface area contributed by atoms with Gasteiger partial charge in [-0.1, -0.05) is 30.3 Å². The topological polar surface area (TPSA) is 122 Å². The van der Waals surface area contributed by atoms with E-state index in [1.54, 1.807) is 24.3 Å². The second-order valence-corrected chi connectivity index (χ2v) is 10.9. The number of morpholine rings is 1. The van der Waals surface area contributed by atoms with Crippen LogP contribution in [0.4, 0.5) is 4.39 Å². The summed E-state index contributed by atoms with van der Waals surface area (Å²) in [4.78, 5) is 12.2. The van der Waals surface area contributed by atoms with Gasteiger partial charge >= 0.3 is 0 Å². The molecule has 0 aliphatic carbocycles. The molecule has 2 aromatic carbocycles. The lowest BCUT2D eigenvalue weighted by Crippen LogP contribution is -2.40. The fraction of sp³-hybridized carbons (Fsp3) is 0.350. The van der Waals surface area contributed by atoms with Crippen molar-refractivity contribution in [3.05, 3.63) is 65.5 Å². The van der Waals surface area contributed by atoms with E-state index in [0.717, 1.165) is 23.8 Å². The number of halogens is 1. The maximum atomic E-state index is 14.2. The highest BCUT2D eigenvalue weighted by atomic mass is 32.2. The SMILES string of the molecule is O=C(NCCS(=O)(=O)NCc1ccccc1)c1cc(S(=O)(=O)N2CCOCC2)ccc1F. The van der Waals surface area contributed by atoms with Gasteiger partial charge in [0.2, 0.25) is 20.0 Å². The number of hydrogen-bond acceptors (Lipinski definition) is 6. The second-order valence-electron chi connectivity index (χ2n) is 7.04. The zero-order valence-corrected chi connectivity index (χ0v) is 18.8. The Labute approximate surface area is 186 Å². The van der Waals surface area contributed by atoms with E-state index in [1.807, 2.05) is 6.07 Å². The number of ether oxygens (including phenoxy) is 1. The molecule has 9 nitrogen and oxygen atoms in total. The Morgan fingerprint density at radius 2 is 1.72 bits per heavy atom. The molecule has 0 atom stereocenters. The zero-order chi connectivity index (χ0) is 23.2. The summed E-state index contributed by atoms with van der Waals surface area (Å²) < 4.78 is 72.7. The molecule has 1 aliphatic rings. The van der Waals surface area contributed by atoms with Gasteiger partial charge in [0.1, 0.15) is 5.82 Å². The summed E-state index contributed by atoms with van der Waals surface area (Å²) >= 11 is 0. The molecule has 0 aromatic heterocycles. The molecule has 3 rings (SSSR count). The summed E-state index contributed by atoms with van der Waals surface area (Å²) in [6, 6.07) is 11.9. The van der Waals surface area contributed by atoms with Crippen LogP contribution in [0, 0.1) is 5.82 Å². The third-order valence-corrected chi connectivity index (χ3v) is 8.01. The van der Waals surface area contributed by atoms with Crippen molar-refractivity contribution in [1.82, 2.24) is 14.3 Å². The summed E-state index contributed by atoms with van der Waals surface area (Å²) in [7, 11) is -7.60. The molecular formula is C20H24FN3O6S2. The standard InChI is InChI=1S/C20H24FN3O6S2/c21-19-7-6-17(32(28,29)24-9-11-30-12-10-24)14-18(19)20(25)22-8-13-31(26,27)23-15-16-4-2-1-3-5-16/h1-7,14,23H,8-13,15H2,(H,22,25). The van der Waals surface area contributed by atoms with Crippen LogP contribution >= 0.6 is 0 Å². The minimum absolute atomic E-state index is 0.104. The van der Waals surface area contributed by atoms with Crippen LogP contribution in [0.5, 0.6) is 0 Å². The monoisotopic (exact) mass is 485 g/mol. The quantitative estimate of drug-likeness (QED) is 0.539. The molecule has 0 bridgehead atoms. The first-order valence-electron chi connectivity index (χ1n) is 9.86. The third-order valence-electron chi connectivity index (χ3n) is 4.79. The lowest BCUT2D eigenvalue weighted by molar-refractivity contribution is 0.0730. The van der Waals surface area contributed by atoms with Gasteiger partial charge in [0.25, 0.3) is 5.91 Å². The average Bonchev–Trinajstić information content (AvgIpc) is 2.79. The molecule has 174 valence electrons. The van der Waals surface area contributed by atoms with Crippen LogP contribution in [0.15, 0.2) is 53.4 Å². The minimum Gasteiger partial charge on any atom is -0.379 e. The summed E-state index contributed by atoms with van der Waals surface area (Å²) in [6.45, 7) is 0.654. The molecule has 32 heavy (non-hydrogen) atoms. The van der Waals surface area contributed by atoms with Gasteiger partial charge in [-0.15, -0.1) is 0 Å². The van der Waals surface area contributed by atoms with Crippen molar-refractivity contribution in [2.45, 2.75) is 11.4 Å². The molecular weight excluding hydrogens is 461 g/mol. The molecule has 12 heteroatoms. The van der Waals surface area contributed by atoms with Crippen LogP contribution in [0.3, 0.4) is 0 Å². The number of benzene rings is 2. The highest BCUT2D eigenvalue weighted by Crippen LogP contribution is 2.20. The van der Waals surface area contributed by atoms with Crippen molar-refractivity contribution >= 4 is 26.0 Å². The van der Waals surface area contributed by atoms with Crippen molar-refractivity contribution in [1.29, 1.82) is 0 Å². The highest BCUT2D eigenvalue weighted by molar-refractivity contribution is 7.89. The molecule has 0 spiro atoms. The van der Waals surface area contributed by atoms with E-state index in [2.05, 4.69) is 10.0 Å². The molecule has 1 fully saturated rings. The predicted molar refractivity (Wildman–Crippen MR) is 115 cm³/mol. The number of hydrogen-bond donors (Lipinski definition) is 2. The smallest absolute Gasteiger partial charge is 0.254 e. The van der Waals surface area contributed by atoms with Gasteiger partial charge in [-0.25, -0.2) is 25.9 Å². The van der Waals surface area contributed by atoms with Crippen LogP contribution in [-0.2, 0) is 31.3 Å².